The van der Waals surface area contributed by atoms with Gasteiger partial charge in [0.05, 0.1) is 12.6 Å². The summed E-state index contributed by atoms with van der Waals surface area (Å²) in [6, 6.07) is 12.0. The van der Waals surface area contributed by atoms with E-state index in [-0.39, 0.29) is 12.6 Å². The minimum atomic E-state index is -1.85. The van der Waals surface area contributed by atoms with Crippen molar-refractivity contribution in [3.05, 3.63) is 93.5 Å². The van der Waals surface area contributed by atoms with Crippen LogP contribution >= 0.6 is 11.3 Å². The molecule has 1 aromatic carbocycles. The zero-order valence-corrected chi connectivity index (χ0v) is 19.8. The summed E-state index contributed by atoms with van der Waals surface area (Å²) < 4.78 is 0. The lowest BCUT2D eigenvalue weighted by atomic mass is 10.1. The molecule has 0 spiro atoms. The number of rotatable bonds is 8. The van der Waals surface area contributed by atoms with Gasteiger partial charge in [-0.15, -0.1) is 11.3 Å². The summed E-state index contributed by atoms with van der Waals surface area (Å²) in [5.41, 5.74) is 3.19. The van der Waals surface area contributed by atoms with Crippen molar-refractivity contribution in [3.8, 4) is 0 Å². The Balaban J connectivity index is 1.30. The van der Waals surface area contributed by atoms with Crippen LogP contribution in [0.5, 0.6) is 0 Å². The van der Waals surface area contributed by atoms with E-state index < -0.39 is 24.0 Å². The monoisotopic (exact) mass is 479 g/mol. The van der Waals surface area contributed by atoms with Gasteiger partial charge in [0.15, 0.2) is 12.2 Å². The van der Waals surface area contributed by atoms with Crippen LogP contribution in [0, 0.1) is 6.92 Å². The van der Waals surface area contributed by atoms with Crippen LogP contribution in [0.2, 0.25) is 0 Å². The molecule has 178 valence electrons. The molecular weight excluding hydrogens is 450 g/mol. The Labute approximate surface area is 203 Å². The van der Waals surface area contributed by atoms with Crippen LogP contribution in [-0.4, -0.2) is 51.7 Å². The average Bonchev–Trinajstić information content (AvgIpc) is 3.53. The smallest absolute Gasteiger partial charge is 0.258 e. The summed E-state index contributed by atoms with van der Waals surface area (Å²) in [5, 5.41) is 26.6. The molecule has 2 amide bonds. The molecule has 0 fully saturated rings. The van der Waals surface area contributed by atoms with E-state index in [1.54, 1.807) is 17.5 Å². The van der Waals surface area contributed by atoms with E-state index >= 15 is 0 Å². The third-order valence-electron chi connectivity index (χ3n) is 5.99. The number of thiophene rings is 1. The number of hydrogen-bond donors (Lipinski definition) is 4. The molecule has 3 atom stereocenters. The Kier molecular flexibility index (Phi) is 7.62. The van der Waals surface area contributed by atoms with Gasteiger partial charge in [0.2, 0.25) is 0 Å². The average molecular weight is 480 g/mol. The first-order chi connectivity index (χ1) is 16.4. The third-order valence-corrected chi connectivity index (χ3v) is 7.08. The van der Waals surface area contributed by atoms with Crippen LogP contribution in [0.15, 0.2) is 72.6 Å². The number of aliphatic hydroxyl groups is 2. The SMILES string of the molecule is Cc1ccccc1Cc1ccc(CNC(=O)[C@H](O)[C@@H](O)C(=O)N2CCC=C2C2C=CC=CN2)s1. The first-order valence-electron chi connectivity index (χ1n) is 11.3. The second-order valence-electron chi connectivity index (χ2n) is 8.37. The van der Waals surface area contributed by atoms with E-state index in [2.05, 4.69) is 29.7 Å². The maximum atomic E-state index is 12.9. The third kappa shape index (κ3) is 5.47. The fourth-order valence-electron chi connectivity index (χ4n) is 4.07. The van der Waals surface area contributed by atoms with Crippen LogP contribution in [0.3, 0.4) is 0 Å². The van der Waals surface area contributed by atoms with E-state index in [9.17, 15) is 19.8 Å². The van der Waals surface area contributed by atoms with Crippen molar-refractivity contribution in [2.45, 2.75) is 44.6 Å². The maximum Gasteiger partial charge on any atom is 0.258 e. The van der Waals surface area contributed by atoms with Gasteiger partial charge >= 0.3 is 0 Å². The lowest BCUT2D eigenvalue weighted by Gasteiger charge is -2.29. The lowest BCUT2D eigenvalue weighted by molar-refractivity contribution is -0.151. The Morgan fingerprint density at radius 1 is 1.15 bits per heavy atom. The van der Waals surface area contributed by atoms with Crippen molar-refractivity contribution in [3.63, 3.8) is 0 Å². The minimum absolute atomic E-state index is 0.192. The molecule has 4 rings (SSSR count). The molecule has 2 aromatic rings. The lowest BCUT2D eigenvalue weighted by Crippen LogP contribution is -2.51. The summed E-state index contributed by atoms with van der Waals surface area (Å²) >= 11 is 1.58. The second-order valence-corrected chi connectivity index (χ2v) is 9.63. The molecule has 4 N–H and O–H groups in total. The molecular formula is C26H29N3O4S. The largest absolute Gasteiger partial charge is 0.380 e. The molecule has 7 nitrogen and oxygen atoms in total. The van der Waals surface area contributed by atoms with Gasteiger partial charge in [-0.25, -0.2) is 0 Å². The molecule has 2 aliphatic heterocycles. The molecule has 34 heavy (non-hydrogen) atoms. The predicted octanol–water partition coefficient (Wildman–Crippen LogP) is 2.14. The van der Waals surface area contributed by atoms with Crippen molar-refractivity contribution in [1.29, 1.82) is 0 Å². The second kappa shape index (κ2) is 10.8. The van der Waals surface area contributed by atoms with Crippen LogP contribution < -0.4 is 10.6 Å². The Morgan fingerprint density at radius 3 is 2.71 bits per heavy atom. The Bertz CT molecular complexity index is 1140. The molecule has 1 unspecified atom stereocenters. The van der Waals surface area contributed by atoms with Gasteiger partial charge in [0.25, 0.3) is 11.8 Å². The number of allylic oxidation sites excluding steroid dienone is 2. The topological polar surface area (TPSA) is 102 Å². The van der Waals surface area contributed by atoms with E-state index in [1.807, 2.05) is 48.6 Å². The fourth-order valence-corrected chi connectivity index (χ4v) is 5.05. The molecule has 1 aromatic heterocycles. The highest BCUT2D eigenvalue weighted by Crippen LogP contribution is 2.23. The zero-order chi connectivity index (χ0) is 24.1. The van der Waals surface area contributed by atoms with E-state index in [0.717, 1.165) is 11.3 Å². The molecule has 0 saturated carbocycles. The first-order valence-corrected chi connectivity index (χ1v) is 12.1. The molecule has 0 saturated heterocycles. The quantitative estimate of drug-likeness (QED) is 0.465. The van der Waals surface area contributed by atoms with E-state index in [4.69, 9.17) is 0 Å². The number of dihydropyridines is 1. The van der Waals surface area contributed by atoms with Gasteiger partial charge < -0.3 is 25.7 Å². The number of carbonyl (C=O) groups is 2. The van der Waals surface area contributed by atoms with E-state index in [1.165, 1.54) is 20.9 Å². The van der Waals surface area contributed by atoms with Crippen LogP contribution in [0.25, 0.3) is 0 Å². The number of hydrogen-bond acceptors (Lipinski definition) is 6. The number of aryl methyl sites for hydroxylation is 1. The van der Waals surface area contributed by atoms with Gasteiger partial charge in [-0.3, -0.25) is 9.59 Å². The number of carbonyl (C=O) groups excluding carboxylic acids is 2. The summed E-state index contributed by atoms with van der Waals surface area (Å²) in [5.74, 6) is -1.47. The number of aliphatic hydroxyl groups excluding tert-OH is 2. The molecule has 3 heterocycles. The number of benzene rings is 1. The van der Waals surface area contributed by atoms with Crippen LogP contribution in [0.1, 0.15) is 27.3 Å². The molecule has 2 aliphatic rings. The van der Waals surface area contributed by atoms with Crippen molar-refractivity contribution < 1.29 is 19.8 Å². The molecule has 0 radical (unpaired) electrons. The molecule has 8 heteroatoms. The fraction of sp³-hybridized carbons (Fsp3) is 0.308. The Morgan fingerprint density at radius 2 is 1.94 bits per heavy atom. The number of nitrogens with zero attached hydrogens (tertiary/aromatic N) is 1. The van der Waals surface area contributed by atoms with E-state index in [0.29, 0.717) is 18.7 Å². The highest BCUT2D eigenvalue weighted by atomic mass is 32.1. The molecule has 0 aliphatic carbocycles. The van der Waals surface area contributed by atoms with Crippen molar-refractivity contribution in [2.75, 3.05) is 6.54 Å². The maximum absolute atomic E-state index is 12.9. The van der Waals surface area contributed by atoms with Gasteiger partial charge in [-0.2, -0.15) is 0 Å². The van der Waals surface area contributed by atoms with Crippen molar-refractivity contribution >= 4 is 23.2 Å². The van der Waals surface area contributed by atoms with Gasteiger partial charge in [-0.1, -0.05) is 42.5 Å². The zero-order valence-electron chi connectivity index (χ0n) is 19.0. The van der Waals surface area contributed by atoms with Gasteiger partial charge in [0, 0.05) is 28.4 Å². The summed E-state index contributed by atoms with van der Waals surface area (Å²) in [4.78, 5) is 28.8. The summed E-state index contributed by atoms with van der Waals surface area (Å²) in [6.07, 6.45) is 7.09. The highest BCUT2D eigenvalue weighted by Gasteiger charge is 2.37. The predicted molar refractivity (Wildman–Crippen MR) is 132 cm³/mol. The minimum Gasteiger partial charge on any atom is -0.380 e. The van der Waals surface area contributed by atoms with Gasteiger partial charge in [-0.05, 0) is 48.9 Å². The number of nitrogens with one attached hydrogen (secondary N) is 2. The molecule has 0 bridgehead atoms. The summed E-state index contributed by atoms with van der Waals surface area (Å²) in [7, 11) is 0. The van der Waals surface area contributed by atoms with Crippen molar-refractivity contribution in [2.24, 2.45) is 0 Å². The van der Waals surface area contributed by atoms with Crippen LogP contribution in [0.4, 0.5) is 0 Å². The Hall–Kier alpha value is -3.20. The number of amides is 2. The van der Waals surface area contributed by atoms with Crippen molar-refractivity contribution in [1.82, 2.24) is 15.5 Å². The standard InChI is InChI=1S/C26H29N3O4S/c1-17-7-2-3-8-18(17)15-19-11-12-20(34-19)16-28-25(32)23(30)24(31)26(33)29-14-6-10-22(29)21-9-4-5-13-27-21/h2-5,7-13,21,23-24,27,30-31H,6,14-16H2,1H3,(H,28,32)/t21?,23-,24-/m1/s1. The van der Waals surface area contributed by atoms with Gasteiger partial charge in [0.1, 0.15) is 0 Å². The first kappa shape index (κ1) is 23.9. The highest BCUT2D eigenvalue weighted by molar-refractivity contribution is 7.12. The summed E-state index contributed by atoms with van der Waals surface area (Å²) in [6.45, 7) is 2.69. The normalized spacial score (nSPS) is 18.9. The van der Waals surface area contributed by atoms with Crippen LogP contribution in [-0.2, 0) is 22.6 Å².